The first kappa shape index (κ1) is 16.6. The molecule has 1 aromatic heterocycles. The van der Waals surface area contributed by atoms with Gasteiger partial charge < -0.3 is 10.1 Å². The lowest BCUT2D eigenvalue weighted by Crippen LogP contribution is -2.15. The Morgan fingerprint density at radius 1 is 1.08 bits per heavy atom. The largest absolute Gasteiger partial charge is 0.438 e. The van der Waals surface area contributed by atoms with Crippen LogP contribution in [0.3, 0.4) is 0 Å². The summed E-state index contributed by atoms with van der Waals surface area (Å²) in [6.07, 6.45) is 2.67. The maximum atomic E-state index is 13.0. The minimum atomic E-state index is -0.380. The maximum Gasteiger partial charge on any atom is 0.262 e. The second kappa shape index (κ2) is 7.09. The van der Waals surface area contributed by atoms with Crippen LogP contribution in [0.25, 0.3) is 0 Å². The number of carbonyl (C=O) groups is 1. The highest BCUT2D eigenvalue weighted by Crippen LogP contribution is 2.25. The van der Waals surface area contributed by atoms with Gasteiger partial charge in [0.2, 0.25) is 5.88 Å². The fraction of sp³-hybridized carbons (Fsp3) is 0.105. The Morgan fingerprint density at radius 3 is 2.44 bits per heavy atom. The van der Waals surface area contributed by atoms with E-state index in [9.17, 15) is 9.18 Å². The summed E-state index contributed by atoms with van der Waals surface area (Å²) in [5.41, 5.74) is 2.83. The highest BCUT2D eigenvalue weighted by Gasteiger charge is 2.17. The Labute approximate surface area is 144 Å². The van der Waals surface area contributed by atoms with Crippen LogP contribution in [0.4, 0.5) is 10.1 Å². The van der Waals surface area contributed by atoms with E-state index < -0.39 is 0 Å². The van der Waals surface area contributed by atoms with Crippen molar-refractivity contribution in [2.24, 2.45) is 0 Å². The molecule has 5 nitrogen and oxygen atoms in total. The van der Waals surface area contributed by atoms with Crippen LogP contribution in [0.1, 0.15) is 21.5 Å². The van der Waals surface area contributed by atoms with Crippen molar-refractivity contribution in [2.45, 2.75) is 13.8 Å². The Kier molecular flexibility index (Phi) is 4.70. The number of anilines is 1. The van der Waals surface area contributed by atoms with E-state index in [4.69, 9.17) is 4.74 Å². The zero-order valence-electron chi connectivity index (χ0n) is 13.8. The number of rotatable bonds is 4. The summed E-state index contributed by atoms with van der Waals surface area (Å²) >= 11 is 0. The second-order valence-electron chi connectivity index (χ2n) is 5.52. The van der Waals surface area contributed by atoms with Crippen molar-refractivity contribution in [3.8, 4) is 11.6 Å². The molecule has 126 valence electrons. The third kappa shape index (κ3) is 3.80. The normalized spacial score (nSPS) is 10.4. The molecule has 1 heterocycles. The lowest BCUT2D eigenvalue weighted by Gasteiger charge is -2.13. The van der Waals surface area contributed by atoms with Crippen LogP contribution >= 0.6 is 0 Å². The molecular weight excluding hydrogens is 321 g/mol. The van der Waals surface area contributed by atoms with Gasteiger partial charge in [-0.05, 0) is 49.2 Å². The van der Waals surface area contributed by atoms with Gasteiger partial charge in [0.15, 0.2) is 0 Å². The van der Waals surface area contributed by atoms with Gasteiger partial charge in [0.05, 0.1) is 0 Å². The van der Waals surface area contributed by atoms with E-state index in [0.717, 1.165) is 16.8 Å². The summed E-state index contributed by atoms with van der Waals surface area (Å²) in [6, 6.07) is 11.2. The van der Waals surface area contributed by atoms with Gasteiger partial charge in [0.1, 0.15) is 23.5 Å². The van der Waals surface area contributed by atoms with Crippen LogP contribution in [-0.2, 0) is 0 Å². The van der Waals surface area contributed by atoms with Gasteiger partial charge in [0, 0.05) is 11.9 Å². The molecule has 0 aliphatic carbocycles. The van der Waals surface area contributed by atoms with Gasteiger partial charge in [-0.1, -0.05) is 18.2 Å². The summed E-state index contributed by atoms with van der Waals surface area (Å²) in [6.45, 7) is 3.83. The number of nitrogens with zero attached hydrogens (tertiary/aromatic N) is 2. The van der Waals surface area contributed by atoms with E-state index in [0.29, 0.717) is 5.75 Å². The van der Waals surface area contributed by atoms with E-state index in [-0.39, 0.29) is 23.2 Å². The van der Waals surface area contributed by atoms with Gasteiger partial charge in [-0.15, -0.1) is 0 Å². The molecule has 3 aromatic rings. The summed E-state index contributed by atoms with van der Waals surface area (Å²) in [5.74, 6) is -0.273. The molecule has 1 N–H and O–H groups in total. The van der Waals surface area contributed by atoms with Crippen molar-refractivity contribution in [1.82, 2.24) is 9.97 Å². The molecule has 25 heavy (non-hydrogen) atoms. The molecule has 6 heteroatoms. The van der Waals surface area contributed by atoms with Crippen LogP contribution in [0.2, 0.25) is 0 Å². The van der Waals surface area contributed by atoms with E-state index in [1.807, 2.05) is 32.0 Å². The number of hydrogen-bond acceptors (Lipinski definition) is 4. The fourth-order valence-electron chi connectivity index (χ4n) is 2.36. The second-order valence-corrected chi connectivity index (χ2v) is 5.52. The van der Waals surface area contributed by atoms with E-state index in [1.165, 1.54) is 36.8 Å². The van der Waals surface area contributed by atoms with Crippen molar-refractivity contribution in [3.63, 3.8) is 0 Å². The quantitative estimate of drug-likeness (QED) is 0.772. The number of amides is 1. The van der Waals surface area contributed by atoms with Crippen LogP contribution in [0, 0.1) is 19.7 Å². The number of carbonyl (C=O) groups excluding carboxylic acids is 1. The zero-order chi connectivity index (χ0) is 17.8. The van der Waals surface area contributed by atoms with Crippen LogP contribution < -0.4 is 10.1 Å². The first-order valence-electron chi connectivity index (χ1n) is 7.65. The molecule has 3 rings (SSSR count). The smallest absolute Gasteiger partial charge is 0.262 e. The zero-order valence-corrected chi connectivity index (χ0v) is 13.8. The molecular formula is C19H16FN3O2. The predicted molar refractivity (Wildman–Crippen MR) is 92.4 cm³/mol. The molecule has 1 amide bonds. The molecule has 2 aromatic carbocycles. The number of ether oxygens (including phenoxy) is 1. The standard InChI is InChI=1S/C19H16FN3O2/c1-12-4-3-5-13(2)17(12)23-18(24)16-10-21-11-22-19(16)25-15-8-6-14(20)7-9-15/h3-11H,1-2H3,(H,23,24). The third-order valence-electron chi connectivity index (χ3n) is 3.67. The van der Waals surface area contributed by atoms with Gasteiger partial charge in [0.25, 0.3) is 5.91 Å². The van der Waals surface area contributed by atoms with E-state index in [1.54, 1.807) is 0 Å². The highest BCUT2D eigenvalue weighted by molar-refractivity contribution is 6.06. The molecule has 0 spiro atoms. The Bertz CT molecular complexity index is 891. The van der Waals surface area contributed by atoms with Crippen LogP contribution in [-0.4, -0.2) is 15.9 Å². The SMILES string of the molecule is Cc1cccc(C)c1NC(=O)c1cncnc1Oc1ccc(F)cc1. The van der Waals surface area contributed by atoms with Crippen molar-refractivity contribution in [3.05, 3.63) is 77.5 Å². The molecule has 0 bridgehead atoms. The number of benzene rings is 2. The van der Waals surface area contributed by atoms with Gasteiger partial charge >= 0.3 is 0 Å². The summed E-state index contributed by atoms with van der Waals surface area (Å²) in [7, 11) is 0. The Balaban J connectivity index is 1.87. The lowest BCUT2D eigenvalue weighted by atomic mass is 10.1. The molecule has 0 saturated carbocycles. The van der Waals surface area contributed by atoms with Crippen molar-refractivity contribution >= 4 is 11.6 Å². The number of aryl methyl sites for hydroxylation is 2. The molecule has 0 aliphatic heterocycles. The average Bonchev–Trinajstić information content (AvgIpc) is 2.60. The first-order valence-corrected chi connectivity index (χ1v) is 7.65. The Hall–Kier alpha value is -3.28. The molecule has 0 unspecified atom stereocenters. The number of para-hydroxylation sites is 1. The van der Waals surface area contributed by atoms with E-state index >= 15 is 0 Å². The fourth-order valence-corrected chi connectivity index (χ4v) is 2.36. The number of aromatic nitrogens is 2. The third-order valence-corrected chi connectivity index (χ3v) is 3.67. The van der Waals surface area contributed by atoms with Gasteiger partial charge in [-0.2, -0.15) is 0 Å². The maximum absolute atomic E-state index is 13.0. The predicted octanol–water partition coefficient (Wildman–Crippen LogP) is 4.28. The van der Waals surface area contributed by atoms with Crippen molar-refractivity contribution in [2.75, 3.05) is 5.32 Å². The van der Waals surface area contributed by atoms with Crippen LogP contribution in [0.5, 0.6) is 11.6 Å². The summed E-state index contributed by atoms with van der Waals surface area (Å²) in [4.78, 5) is 20.6. The van der Waals surface area contributed by atoms with Gasteiger partial charge in [-0.3, -0.25) is 4.79 Å². The topological polar surface area (TPSA) is 64.1 Å². The molecule has 0 radical (unpaired) electrons. The average molecular weight is 337 g/mol. The number of hydrogen-bond donors (Lipinski definition) is 1. The van der Waals surface area contributed by atoms with Crippen LogP contribution in [0.15, 0.2) is 55.0 Å². The first-order chi connectivity index (χ1) is 12.0. The molecule has 0 aliphatic rings. The Morgan fingerprint density at radius 2 is 1.76 bits per heavy atom. The summed E-state index contributed by atoms with van der Waals surface area (Å²) < 4.78 is 18.6. The molecule has 0 saturated heterocycles. The number of halogens is 1. The van der Waals surface area contributed by atoms with Crippen molar-refractivity contribution < 1.29 is 13.9 Å². The minimum Gasteiger partial charge on any atom is -0.438 e. The highest BCUT2D eigenvalue weighted by atomic mass is 19.1. The van der Waals surface area contributed by atoms with E-state index in [2.05, 4.69) is 15.3 Å². The number of nitrogens with one attached hydrogen (secondary N) is 1. The molecule has 0 fully saturated rings. The summed E-state index contributed by atoms with van der Waals surface area (Å²) in [5, 5.41) is 2.87. The lowest BCUT2D eigenvalue weighted by molar-refractivity contribution is 0.102. The van der Waals surface area contributed by atoms with Crippen molar-refractivity contribution in [1.29, 1.82) is 0 Å². The minimum absolute atomic E-state index is 0.102. The monoisotopic (exact) mass is 337 g/mol. The molecule has 0 atom stereocenters. The van der Waals surface area contributed by atoms with Gasteiger partial charge in [-0.25, -0.2) is 14.4 Å².